The zero-order chi connectivity index (χ0) is 95.2. The molecule has 5 aliphatic heterocycles. The summed E-state index contributed by atoms with van der Waals surface area (Å²) in [4.78, 5) is 180. The lowest BCUT2D eigenvalue weighted by molar-refractivity contribution is -0.0711. The number of phosphoric acid groups is 5. The maximum atomic E-state index is 15.0. The molecule has 5 saturated heterocycles. The number of nitrogens with two attached hydrogens (primary N) is 4. The first-order chi connectivity index (χ1) is 64.4. The van der Waals surface area contributed by atoms with E-state index in [2.05, 4.69) is 64.8 Å². The van der Waals surface area contributed by atoms with Crippen LogP contribution in [-0.2, 0) is 116 Å². The van der Waals surface area contributed by atoms with Crippen molar-refractivity contribution in [2.24, 2.45) is 0 Å². The third-order valence-electron chi connectivity index (χ3n) is 21.7. The Hall–Kier alpha value is -11.2. The number of aliphatic hydroxyl groups is 1. The smallest absolute Gasteiger partial charge is 0.472 e. The van der Waals surface area contributed by atoms with Gasteiger partial charge in [-0.05, 0) is 35.7 Å². The monoisotopic (exact) mass is 1980 g/mol. The molecule has 9 aromatic heterocycles. The third-order valence-corrected chi connectivity index (χ3v) is 26.8. The van der Waals surface area contributed by atoms with Gasteiger partial charge in [-0.2, -0.15) is 19.9 Å². The lowest BCUT2D eigenvalue weighted by Gasteiger charge is -2.26. The van der Waals surface area contributed by atoms with Crippen LogP contribution in [0.15, 0.2) is 139 Å². The summed E-state index contributed by atoms with van der Waals surface area (Å²) in [5.41, 5.74) is 19.5. The highest BCUT2D eigenvalue weighted by molar-refractivity contribution is 7.48. The number of aromatic amines is 5. The lowest BCUT2D eigenvalue weighted by Crippen LogP contribution is -2.33. The normalized spacial score (nSPS) is 25.4. The second-order valence-corrected chi connectivity index (χ2v) is 38.1. The molecule has 19 N–H and O–H groups in total. The Morgan fingerprint density at radius 3 is 1.07 bits per heavy atom. The molecule has 0 bridgehead atoms. The van der Waals surface area contributed by atoms with E-state index < -0.39 is 242 Å². The second kappa shape index (κ2) is 39.5. The van der Waals surface area contributed by atoms with Crippen LogP contribution in [-0.4, -0.2) is 224 Å². The molecule has 5 fully saturated rings. The summed E-state index contributed by atoms with van der Waals surface area (Å²) in [6.45, 7) is -4.25. The fraction of sp³-hybridized carbons (Fsp3) is 0.425. The fourth-order valence-electron chi connectivity index (χ4n) is 15.5. The average molecular weight is 1990 g/mol. The van der Waals surface area contributed by atoms with Gasteiger partial charge in [0.2, 0.25) is 23.8 Å². The van der Waals surface area contributed by atoms with E-state index >= 15 is 0 Å². The molecule has 0 amide bonds. The van der Waals surface area contributed by atoms with Crippen LogP contribution in [0.2, 0.25) is 0 Å². The summed E-state index contributed by atoms with van der Waals surface area (Å²) in [6.07, 6.45) is -20.4. The van der Waals surface area contributed by atoms with Crippen molar-refractivity contribution < 1.29 is 136 Å². The molecule has 0 spiro atoms. The van der Waals surface area contributed by atoms with E-state index in [1.165, 1.54) is 22.3 Å². The first kappa shape index (κ1) is 95.5. The van der Waals surface area contributed by atoms with Gasteiger partial charge in [-0.25, -0.2) is 47.6 Å². The van der Waals surface area contributed by atoms with Gasteiger partial charge in [-0.3, -0.25) is 117 Å². The van der Waals surface area contributed by atoms with E-state index in [9.17, 15) is 81.2 Å². The number of H-pyrrole nitrogens is 5. The predicted molar refractivity (Wildman–Crippen MR) is 457 cm³/mol. The van der Waals surface area contributed by atoms with Crippen molar-refractivity contribution in [3.8, 4) is 11.5 Å². The van der Waals surface area contributed by atoms with Gasteiger partial charge >= 0.3 is 44.8 Å². The standard InChI is InChI=1S/C73H85N22O35P5/c1-35-22-91(73(102)90-64(35)97)51-17-41(46(121-51)26-113-23-38-12-13-39(114-24-36-8-4-2-5-9-36)40(16-38)115-25-37-10-6-3-7-11-37)126-132(105,106)118-28-48-43(19-53(123-48)93-32-79-57-61(93)83-70(75)87-66(57)99)128-134(109,110)120-30-50-45(21-55(125-50)95-34-81-59-63(95)85-72(77)89-68(59)101)130-135(111,112)129-44-20-54(94-33-80-58-62(94)84-71(76)88-67(58)100)124-49(44)29-119-133(107,108)127-42-18-52(122-47(42)27-117-131(103,104)116-15-14-96)92-31-78-56-60(92)82-69(74)86-65(56)98/h2-13,16,22,31-34,41-55,96H,14-15,17-21,23-30H2,1H3,(H,103,104)(H,105,106)(H,107,108)(H,109,110)(H,111,112)(H,90,97,102)(H3,74,82,86,98)(H3,75,83,87,99)(H3,76,84,88,100)(H3,77,85,89,101)/t41-,42-,43-,44-,45-,46+,47+,48+,49+,50+,51+,52+,53+,54+,55+/m0/s1. The molecule has 0 aliphatic carbocycles. The van der Waals surface area contributed by atoms with Gasteiger partial charge in [-0.15, -0.1) is 0 Å². The fourth-order valence-corrected chi connectivity index (χ4v) is 20.3. The van der Waals surface area contributed by atoms with Gasteiger partial charge in [0.05, 0.1) is 78.2 Å². The van der Waals surface area contributed by atoms with Gasteiger partial charge in [0, 0.05) is 43.9 Å². The molecule has 0 saturated carbocycles. The van der Waals surface area contributed by atoms with Crippen molar-refractivity contribution in [2.75, 3.05) is 69.2 Å². The van der Waals surface area contributed by atoms with Crippen LogP contribution in [0.4, 0.5) is 23.8 Å². The number of aryl methyl sites for hydroxylation is 1. The molecular weight excluding hydrogens is 1900 g/mol. The Kier molecular flexibility index (Phi) is 27.9. The molecule has 0 radical (unpaired) electrons. The summed E-state index contributed by atoms with van der Waals surface area (Å²) in [5.74, 6) is -0.727. The Morgan fingerprint density at radius 2 is 0.711 bits per heavy atom. The largest absolute Gasteiger partial charge is 0.485 e. The quantitative estimate of drug-likeness (QED) is 0.0244. The van der Waals surface area contributed by atoms with Gasteiger partial charge in [0.15, 0.2) is 56.2 Å². The molecule has 57 nitrogen and oxygen atoms in total. The zero-order valence-electron chi connectivity index (χ0n) is 70.0. The van der Waals surface area contributed by atoms with Crippen LogP contribution in [0.1, 0.15) is 85.5 Å². The molecule has 20 atom stereocenters. The van der Waals surface area contributed by atoms with Crippen LogP contribution in [0.3, 0.4) is 0 Å². The number of aliphatic hydroxyl groups excluding tert-OH is 1. The van der Waals surface area contributed by atoms with Crippen LogP contribution >= 0.6 is 39.1 Å². The number of benzene rings is 3. The number of hydrogen-bond donors (Lipinski definition) is 15. The number of fused-ring (bicyclic) bond motifs is 4. The number of hydrogen-bond acceptors (Lipinski definition) is 42. The Labute approximate surface area is 754 Å². The minimum Gasteiger partial charge on any atom is -0.485 e. The molecule has 12 aromatic rings. The average Bonchev–Trinajstić information content (AvgIpc) is 1.64. The zero-order valence-corrected chi connectivity index (χ0v) is 74.5. The van der Waals surface area contributed by atoms with E-state index in [1.54, 1.807) is 18.2 Å². The van der Waals surface area contributed by atoms with E-state index in [-0.39, 0.29) is 95.0 Å². The van der Waals surface area contributed by atoms with Gasteiger partial charge < -0.3 is 90.4 Å². The van der Waals surface area contributed by atoms with Gasteiger partial charge in [0.25, 0.3) is 27.8 Å². The number of ether oxygens (including phenoxy) is 8. The Morgan fingerprint density at radius 1 is 0.385 bits per heavy atom. The summed E-state index contributed by atoms with van der Waals surface area (Å²) in [5, 5.41) is 9.26. The van der Waals surface area contributed by atoms with E-state index in [0.717, 1.165) is 50.1 Å². The number of anilines is 4. The number of nitrogens with zero attached hydrogens (tertiary/aromatic N) is 13. The second-order valence-electron chi connectivity index (χ2n) is 31.1. The van der Waals surface area contributed by atoms with E-state index in [1.807, 2.05) is 60.7 Å². The summed E-state index contributed by atoms with van der Waals surface area (Å²) < 4.78 is 183. The maximum absolute atomic E-state index is 15.0. The molecule has 3 aromatic carbocycles. The highest BCUT2D eigenvalue weighted by Gasteiger charge is 2.52. The highest BCUT2D eigenvalue weighted by Crippen LogP contribution is 2.57. The van der Waals surface area contributed by atoms with Gasteiger partial charge in [-0.1, -0.05) is 66.7 Å². The van der Waals surface area contributed by atoms with Crippen LogP contribution in [0, 0.1) is 6.92 Å². The van der Waals surface area contributed by atoms with Crippen LogP contribution in [0.25, 0.3) is 44.7 Å². The molecular formula is C73H85N22O35P5. The van der Waals surface area contributed by atoms with E-state index in [0.29, 0.717) is 17.1 Å². The van der Waals surface area contributed by atoms with Crippen LogP contribution < -0.4 is 65.9 Å². The van der Waals surface area contributed by atoms with Crippen molar-refractivity contribution in [3.05, 3.63) is 195 Å². The maximum Gasteiger partial charge on any atom is 0.472 e. The Balaban J connectivity index is 0.608. The van der Waals surface area contributed by atoms with Crippen molar-refractivity contribution in [1.82, 2.24) is 87.6 Å². The minimum absolute atomic E-state index is 0.0995. The summed E-state index contributed by atoms with van der Waals surface area (Å²) >= 11 is 0. The SMILES string of the molecule is Cc1cn([C@H]2C[C@H](OP(=O)(O)OC[C@H]3O[C@@H](n4cnc5c(=O)[nH]c(N)nc54)C[C@@H]3OP(=O)(O)OC[C@H]3O[C@@H](n4cnc5c(=O)[nH]c(N)nc54)C[C@@H]3OP(=O)(O)O[C@H]3C[C@H](n4cnc5c(=O)[nH]c(N)nc54)O[C@@H]3COP(=O)(O)O[C@H]3C[C@H](n4cnc5c(=O)[nH]c(N)nc54)O[C@@H]3COP(=O)(O)OCCO)[C@@H](COCc3ccc(OCc4ccccc4)c(OCc4ccccc4)c3)O2)c(=O)[nH]c1=O. The van der Waals surface area contributed by atoms with Crippen molar-refractivity contribution in [2.45, 2.75) is 151 Å². The molecule has 5 unspecified atom stereocenters. The minimum atomic E-state index is -5.77. The molecule has 62 heteroatoms. The van der Waals surface area contributed by atoms with E-state index in [4.69, 9.17) is 106 Å². The summed E-state index contributed by atoms with van der Waals surface area (Å²) in [6, 6.07) is 24.0. The van der Waals surface area contributed by atoms with Crippen LogP contribution in [0.5, 0.6) is 11.5 Å². The van der Waals surface area contributed by atoms with Crippen molar-refractivity contribution in [1.29, 1.82) is 0 Å². The number of imidazole rings is 4. The third kappa shape index (κ3) is 22.3. The molecule has 17 rings (SSSR count). The summed E-state index contributed by atoms with van der Waals surface area (Å²) in [7, 11) is -27.4. The number of aromatic nitrogens is 18. The topological polar surface area (TPSA) is 786 Å². The first-order valence-corrected chi connectivity index (χ1v) is 48.3. The number of rotatable bonds is 40. The molecule has 5 aliphatic rings. The van der Waals surface area contributed by atoms with Crippen molar-refractivity contribution >= 4 is 108 Å². The number of nitrogen functional groups attached to an aromatic ring is 4. The van der Waals surface area contributed by atoms with Crippen molar-refractivity contribution in [3.63, 3.8) is 0 Å². The highest BCUT2D eigenvalue weighted by atomic mass is 31.2. The Bertz CT molecular complexity index is 7020. The lowest BCUT2D eigenvalue weighted by atomic mass is 10.2. The predicted octanol–water partition coefficient (Wildman–Crippen LogP) is 2.02. The first-order valence-electron chi connectivity index (χ1n) is 40.8. The molecule has 135 heavy (non-hydrogen) atoms. The molecule has 722 valence electrons. The number of phosphoric ester groups is 5. The number of nitrogens with one attached hydrogen (secondary N) is 5. The van der Waals surface area contributed by atoms with Gasteiger partial charge in [0.1, 0.15) is 105 Å². The molecule has 14 heterocycles.